The van der Waals surface area contributed by atoms with Gasteiger partial charge in [0.25, 0.3) is 5.91 Å². The molecule has 34 heavy (non-hydrogen) atoms. The van der Waals surface area contributed by atoms with Crippen molar-refractivity contribution in [2.24, 2.45) is 0 Å². The minimum atomic E-state index is -0.250. The lowest BCUT2D eigenvalue weighted by atomic mass is 10.1. The van der Waals surface area contributed by atoms with Gasteiger partial charge in [0.15, 0.2) is 5.65 Å². The quantitative estimate of drug-likeness (QED) is 0.347. The highest BCUT2D eigenvalue weighted by atomic mass is 16.5. The molecule has 0 aliphatic heterocycles. The van der Waals surface area contributed by atoms with Gasteiger partial charge in [0.1, 0.15) is 22.6 Å². The summed E-state index contributed by atoms with van der Waals surface area (Å²) in [4.78, 5) is 22.7. The lowest BCUT2D eigenvalue weighted by Gasteiger charge is -2.09. The van der Waals surface area contributed by atoms with Gasteiger partial charge in [0.2, 0.25) is 0 Å². The van der Waals surface area contributed by atoms with E-state index in [-0.39, 0.29) is 12.0 Å². The van der Waals surface area contributed by atoms with Crippen molar-refractivity contribution >= 4 is 33.9 Å². The molecule has 0 atom stereocenters. The van der Waals surface area contributed by atoms with Gasteiger partial charge in [-0.1, -0.05) is 24.3 Å². The van der Waals surface area contributed by atoms with Crippen LogP contribution in [0.5, 0.6) is 5.75 Å². The Balaban J connectivity index is 1.63. The van der Waals surface area contributed by atoms with Crippen molar-refractivity contribution in [3.8, 4) is 5.75 Å². The van der Waals surface area contributed by atoms with Crippen LogP contribution in [0.25, 0.3) is 22.2 Å². The summed E-state index contributed by atoms with van der Waals surface area (Å²) < 4.78 is 12.7. The molecule has 0 spiro atoms. The van der Waals surface area contributed by atoms with Crippen LogP contribution >= 0.6 is 0 Å². The first-order chi connectivity index (χ1) is 16.5. The fraction of sp³-hybridized carbons (Fsp3) is 0.346. The number of anilines is 1. The zero-order valence-electron chi connectivity index (χ0n) is 19.9. The largest absolute Gasteiger partial charge is 0.497 e. The second-order valence-corrected chi connectivity index (χ2v) is 8.42. The molecule has 8 heteroatoms. The number of para-hydroxylation sites is 2. The molecule has 4 aromatic rings. The third-order valence-corrected chi connectivity index (χ3v) is 5.66. The number of hydrogen-bond donors (Lipinski definition) is 2. The van der Waals surface area contributed by atoms with Crippen LogP contribution in [0.2, 0.25) is 0 Å². The first kappa shape index (κ1) is 23.5. The Bertz CT molecular complexity index is 1280. The van der Waals surface area contributed by atoms with E-state index in [1.807, 2.05) is 66.9 Å². The van der Waals surface area contributed by atoms with Crippen LogP contribution in [-0.4, -0.2) is 46.8 Å². The molecule has 0 bridgehead atoms. The van der Waals surface area contributed by atoms with Crippen LogP contribution in [0.3, 0.4) is 0 Å². The molecule has 0 saturated carbocycles. The van der Waals surface area contributed by atoms with E-state index in [9.17, 15) is 4.79 Å². The predicted molar refractivity (Wildman–Crippen MR) is 134 cm³/mol. The van der Waals surface area contributed by atoms with Crippen LogP contribution in [-0.2, 0) is 17.7 Å². The first-order valence-electron chi connectivity index (χ1n) is 11.5. The average Bonchev–Trinajstić information content (AvgIpc) is 3.11. The van der Waals surface area contributed by atoms with Gasteiger partial charge in [-0.05, 0) is 56.5 Å². The highest BCUT2D eigenvalue weighted by molar-refractivity contribution is 6.10. The zero-order valence-corrected chi connectivity index (χ0v) is 19.9. The Morgan fingerprint density at radius 2 is 1.79 bits per heavy atom. The minimum Gasteiger partial charge on any atom is -0.497 e. The predicted octanol–water partition coefficient (Wildman–Crippen LogP) is 3.96. The molecule has 0 unspecified atom stereocenters. The van der Waals surface area contributed by atoms with E-state index in [1.165, 1.54) is 0 Å². The second kappa shape index (κ2) is 10.5. The number of amides is 1. The Hall–Kier alpha value is -3.65. The van der Waals surface area contributed by atoms with Gasteiger partial charge in [-0.2, -0.15) is 0 Å². The number of carbonyl (C=O) groups is 1. The molecule has 3 N–H and O–H groups in total. The number of aromatic nitrogens is 3. The normalized spacial score (nSPS) is 11.4. The highest BCUT2D eigenvalue weighted by Gasteiger charge is 2.23. The van der Waals surface area contributed by atoms with Crippen molar-refractivity contribution in [2.75, 3.05) is 26.0 Å². The fourth-order valence-electron chi connectivity index (χ4n) is 3.88. The number of methoxy groups -OCH3 is 1. The van der Waals surface area contributed by atoms with E-state index in [0.29, 0.717) is 48.7 Å². The van der Waals surface area contributed by atoms with Gasteiger partial charge in [0.05, 0.1) is 24.2 Å². The standard InChI is InChI=1S/C26H31N5O3/c1-17(2)34-16-6-14-28-26(32)22-23-25(30-21-8-5-4-7-20(21)29-23)31(24(22)27)15-13-18-9-11-19(33-3)12-10-18/h4-5,7-12,17H,6,13-16,27H2,1-3H3,(H,28,32). The van der Waals surface area contributed by atoms with E-state index in [2.05, 4.69) is 5.32 Å². The zero-order chi connectivity index (χ0) is 24.1. The Labute approximate surface area is 199 Å². The van der Waals surface area contributed by atoms with Crippen LogP contribution in [0.1, 0.15) is 36.2 Å². The van der Waals surface area contributed by atoms with Crippen molar-refractivity contribution in [2.45, 2.75) is 39.3 Å². The number of nitrogens with two attached hydrogens (primary N) is 1. The molecular weight excluding hydrogens is 430 g/mol. The monoisotopic (exact) mass is 461 g/mol. The number of rotatable bonds is 10. The number of aryl methyl sites for hydroxylation is 2. The molecule has 2 heterocycles. The molecule has 8 nitrogen and oxygen atoms in total. The van der Waals surface area contributed by atoms with Gasteiger partial charge in [-0.3, -0.25) is 4.79 Å². The number of fused-ring (bicyclic) bond motifs is 2. The van der Waals surface area contributed by atoms with Crippen molar-refractivity contribution in [1.29, 1.82) is 0 Å². The summed E-state index contributed by atoms with van der Waals surface area (Å²) in [7, 11) is 1.65. The maximum absolute atomic E-state index is 13.1. The summed E-state index contributed by atoms with van der Waals surface area (Å²) in [5, 5.41) is 2.96. The number of nitrogen functional groups attached to an aromatic ring is 1. The summed E-state index contributed by atoms with van der Waals surface area (Å²) in [5.41, 5.74) is 10.6. The Morgan fingerprint density at radius 1 is 1.09 bits per heavy atom. The van der Waals surface area contributed by atoms with Crippen LogP contribution in [0, 0.1) is 0 Å². The maximum Gasteiger partial charge on any atom is 0.257 e. The molecule has 0 aliphatic carbocycles. The van der Waals surface area contributed by atoms with Crippen molar-refractivity contribution < 1.29 is 14.3 Å². The van der Waals surface area contributed by atoms with E-state index in [1.54, 1.807) is 7.11 Å². The summed E-state index contributed by atoms with van der Waals surface area (Å²) in [6, 6.07) is 15.5. The molecule has 0 fully saturated rings. The lowest BCUT2D eigenvalue weighted by Crippen LogP contribution is -2.26. The number of benzene rings is 2. The van der Waals surface area contributed by atoms with Gasteiger partial charge in [0, 0.05) is 19.7 Å². The minimum absolute atomic E-state index is 0.165. The van der Waals surface area contributed by atoms with E-state index in [4.69, 9.17) is 25.2 Å². The molecule has 0 saturated heterocycles. The highest BCUT2D eigenvalue weighted by Crippen LogP contribution is 2.28. The van der Waals surface area contributed by atoms with E-state index >= 15 is 0 Å². The number of hydrogen-bond acceptors (Lipinski definition) is 6. The van der Waals surface area contributed by atoms with Crippen LogP contribution in [0.15, 0.2) is 48.5 Å². The van der Waals surface area contributed by atoms with Crippen LogP contribution in [0.4, 0.5) is 5.82 Å². The van der Waals surface area contributed by atoms with Gasteiger partial charge >= 0.3 is 0 Å². The van der Waals surface area contributed by atoms with Crippen LogP contribution < -0.4 is 15.8 Å². The maximum atomic E-state index is 13.1. The molecule has 0 radical (unpaired) electrons. The van der Waals surface area contributed by atoms with Gasteiger partial charge < -0.3 is 25.1 Å². The SMILES string of the molecule is COc1ccc(CCn2c(N)c(C(=O)NCCCOC(C)C)c3nc4ccccc4nc32)cc1. The van der Waals surface area contributed by atoms with E-state index < -0.39 is 0 Å². The van der Waals surface area contributed by atoms with Gasteiger partial charge in [-0.15, -0.1) is 0 Å². The van der Waals surface area contributed by atoms with Crippen molar-refractivity contribution in [3.05, 3.63) is 59.7 Å². The van der Waals surface area contributed by atoms with Gasteiger partial charge in [-0.25, -0.2) is 9.97 Å². The molecule has 2 aromatic heterocycles. The van der Waals surface area contributed by atoms with Crippen molar-refractivity contribution in [3.63, 3.8) is 0 Å². The lowest BCUT2D eigenvalue weighted by molar-refractivity contribution is 0.0757. The number of ether oxygens (including phenoxy) is 2. The molecule has 178 valence electrons. The number of nitrogens with one attached hydrogen (secondary N) is 1. The first-order valence-corrected chi connectivity index (χ1v) is 11.5. The van der Waals surface area contributed by atoms with Crippen molar-refractivity contribution in [1.82, 2.24) is 19.9 Å². The summed E-state index contributed by atoms with van der Waals surface area (Å²) in [5.74, 6) is 0.930. The summed E-state index contributed by atoms with van der Waals surface area (Å²) >= 11 is 0. The number of carbonyl (C=O) groups excluding carboxylic acids is 1. The summed E-state index contributed by atoms with van der Waals surface area (Å²) in [6.45, 7) is 5.62. The fourth-order valence-corrected chi connectivity index (χ4v) is 3.88. The summed E-state index contributed by atoms with van der Waals surface area (Å²) in [6.07, 6.45) is 1.60. The molecule has 0 aliphatic rings. The molecule has 4 rings (SSSR count). The Kier molecular flexibility index (Phi) is 7.27. The molecule has 1 amide bonds. The Morgan fingerprint density at radius 3 is 2.47 bits per heavy atom. The van der Waals surface area contributed by atoms with E-state index in [0.717, 1.165) is 28.8 Å². The second-order valence-electron chi connectivity index (χ2n) is 8.42. The third kappa shape index (κ3) is 5.12. The average molecular weight is 462 g/mol. The third-order valence-electron chi connectivity index (χ3n) is 5.66. The number of nitrogens with zero attached hydrogens (tertiary/aromatic N) is 3. The molecular formula is C26H31N5O3. The molecule has 2 aromatic carbocycles. The smallest absolute Gasteiger partial charge is 0.257 e. The topological polar surface area (TPSA) is 104 Å².